The van der Waals surface area contributed by atoms with E-state index in [-0.39, 0.29) is 36.4 Å². The van der Waals surface area contributed by atoms with Crippen LogP contribution in [0.1, 0.15) is 31.2 Å². The zero-order chi connectivity index (χ0) is 18.4. The van der Waals surface area contributed by atoms with Gasteiger partial charge in [-0.25, -0.2) is 8.78 Å². The fraction of sp³-hybridized carbons (Fsp3) is 0.556. The van der Waals surface area contributed by atoms with Crippen LogP contribution in [0, 0.1) is 17.0 Å². The third-order valence-electron chi connectivity index (χ3n) is 4.70. The normalized spacial score (nSPS) is 16.0. The van der Waals surface area contributed by atoms with Crippen LogP contribution in [0.3, 0.4) is 0 Å². The fourth-order valence-electron chi connectivity index (χ4n) is 3.31. The van der Waals surface area contributed by atoms with E-state index >= 15 is 0 Å². The van der Waals surface area contributed by atoms with Crippen LogP contribution in [0.15, 0.2) is 23.2 Å². The number of benzene rings is 1. The number of rotatable bonds is 5. The number of nitrogens with zero attached hydrogens (tertiary/aromatic N) is 2. The average molecular weight is 480 g/mol. The molecule has 0 aromatic heterocycles. The van der Waals surface area contributed by atoms with Gasteiger partial charge in [0.1, 0.15) is 11.6 Å². The molecule has 8 heteroatoms. The van der Waals surface area contributed by atoms with Crippen LogP contribution in [0.2, 0.25) is 0 Å². The Kier molecular flexibility index (Phi) is 8.72. The second kappa shape index (κ2) is 10.0. The lowest BCUT2D eigenvalue weighted by Crippen LogP contribution is -2.49. The summed E-state index contributed by atoms with van der Waals surface area (Å²) in [4.78, 5) is 18.3. The molecular weight excluding hydrogens is 453 g/mol. The zero-order valence-corrected chi connectivity index (χ0v) is 17.8. The predicted molar refractivity (Wildman–Crippen MR) is 110 cm³/mol. The number of carbonyl (C=O) groups excluding carboxylic acids is 1. The first-order valence-corrected chi connectivity index (χ1v) is 8.48. The molecule has 0 spiro atoms. The Balaban J connectivity index is 0.00000338. The quantitative estimate of drug-likeness (QED) is 0.387. The zero-order valence-electron chi connectivity index (χ0n) is 15.4. The second-order valence-corrected chi connectivity index (χ2v) is 6.70. The molecule has 1 aliphatic carbocycles. The molecule has 0 bridgehead atoms. The van der Waals surface area contributed by atoms with Crippen molar-refractivity contribution in [2.24, 2.45) is 10.4 Å². The lowest BCUT2D eigenvalue weighted by atomic mass is 9.84. The molecule has 0 saturated heterocycles. The molecule has 1 aromatic rings. The molecule has 1 saturated carbocycles. The van der Waals surface area contributed by atoms with Crippen molar-refractivity contribution in [1.82, 2.24) is 15.5 Å². The van der Waals surface area contributed by atoms with E-state index in [1.807, 2.05) is 0 Å². The molecule has 0 unspecified atom stereocenters. The summed E-state index contributed by atoms with van der Waals surface area (Å²) in [7, 11) is 5.16. The number of hydrogen-bond acceptors (Lipinski definition) is 2. The van der Waals surface area contributed by atoms with Crippen LogP contribution in [0.5, 0.6) is 0 Å². The van der Waals surface area contributed by atoms with Crippen molar-refractivity contribution in [3.05, 3.63) is 35.4 Å². The number of hydrogen-bond donors (Lipinski definition) is 2. The first kappa shape index (κ1) is 22.6. The molecule has 0 heterocycles. The minimum absolute atomic E-state index is 0. The topological polar surface area (TPSA) is 56.7 Å². The highest BCUT2D eigenvalue weighted by molar-refractivity contribution is 14.0. The Morgan fingerprint density at radius 3 is 2.42 bits per heavy atom. The Bertz CT molecular complexity index is 646. The van der Waals surface area contributed by atoms with Gasteiger partial charge in [0.05, 0.1) is 5.41 Å². The molecule has 2 rings (SSSR count). The van der Waals surface area contributed by atoms with Gasteiger partial charge in [-0.05, 0) is 18.9 Å². The molecule has 146 valence electrons. The number of amides is 1. The van der Waals surface area contributed by atoms with E-state index in [1.54, 1.807) is 26.0 Å². The Morgan fingerprint density at radius 1 is 1.23 bits per heavy atom. The first-order valence-electron chi connectivity index (χ1n) is 8.48. The first-order chi connectivity index (χ1) is 11.9. The number of carbonyl (C=O) groups is 1. The van der Waals surface area contributed by atoms with E-state index in [4.69, 9.17) is 0 Å². The maximum absolute atomic E-state index is 13.7. The molecule has 1 aliphatic rings. The van der Waals surface area contributed by atoms with E-state index in [2.05, 4.69) is 15.6 Å². The summed E-state index contributed by atoms with van der Waals surface area (Å²) in [5.74, 6) is -0.591. The molecule has 2 N–H and O–H groups in total. The van der Waals surface area contributed by atoms with Gasteiger partial charge >= 0.3 is 0 Å². The molecular formula is C18H27F2IN4O. The molecule has 1 fully saturated rings. The van der Waals surface area contributed by atoms with Crippen LogP contribution in [0.25, 0.3) is 0 Å². The van der Waals surface area contributed by atoms with Gasteiger partial charge in [-0.2, -0.15) is 0 Å². The molecule has 0 atom stereocenters. The van der Waals surface area contributed by atoms with Crippen LogP contribution in [-0.2, 0) is 11.3 Å². The Morgan fingerprint density at radius 2 is 1.88 bits per heavy atom. The maximum atomic E-state index is 13.7. The van der Waals surface area contributed by atoms with Gasteiger partial charge in [0.15, 0.2) is 5.96 Å². The number of guanidine groups is 1. The fourth-order valence-corrected chi connectivity index (χ4v) is 3.31. The standard InChI is InChI=1S/C18H26F2N4O.HI/c1-21-17(22-11-13-6-7-14(19)10-15(13)20)23-12-18(8-4-5-9-18)16(25)24(2)3;/h6-7,10H,4-5,8-9,11-12H2,1-3H3,(H2,21,22,23);1H. The van der Waals surface area contributed by atoms with Crippen LogP contribution in [0.4, 0.5) is 8.78 Å². The van der Waals surface area contributed by atoms with E-state index in [9.17, 15) is 13.6 Å². The average Bonchev–Trinajstić information content (AvgIpc) is 3.05. The minimum atomic E-state index is -0.603. The molecule has 1 amide bonds. The van der Waals surface area contributed by atoms with Crippen molar-refractivity contribution in [2.45, 2.75) is 32.2 Å². The molecule has 1 aromatic carbocycles. The smallest absolute Gasteiger partial charge is 0.230 e. The van der Waals surface area contributed by atoms with Gasteiger partial charge < -0.3 is 15.5 Å². The highest BCUT2D eigenvalue weighted by Gasteiger charge is 2.42. The van der Waals surface area contributed by atoms with Gasteiger partial charge in [-0.1, -0.05) is 18.9 Å². The van der Waals surface area contributed by atoms with E-state index in [1.165, 1.54) is 12.1 Å². The van der Waals surface area contributed by atoms with Crippen molar-refractivity contribution in [3.63, 3.8) is 0 Å². The summed E-state index contributed by atoms with van der Waals surface area (Å²) < 4.78 is 26.7. The molecule has 5 nitrogen and oxygen atoms in total. The number of halogens is 3. The highest BCUT2D eigenvalue weighted by Crippen LogP contribution is 2.38. The van der Waals surface area contributed by atoms with Crippen molar-refractivity contribution < 1.29 is 13.6 Å². The van der Waals surface area contributed by atoms with Crippen LogP contribution < -0.4 is 10.6 Å². The van der Waals surface area contributed by atoms with Gasteiger partial charge in [-0.15, -0.1) is 24.0 Å². The Labute approximate surface area is 170 Å². The lowest BCUT2D eigenvalue weighted by molar-refractivity contribution is -0.138. The predicted octanol–water partition coefficient (Wildman–Crippen LogP) is 2.90. The van der Waals surface area contributed by atoms with Crippen molar-refractivity contribution in [1.29, 1.82) is 0 Å². The second-order valence-electron chi connectivity index (χ2n) is 6.70. The monoisotopic (exact) mass is 480 g/mol. The molecule has 0 radical (unpaired) electrons. The molecule has 26 heavy (non-hydrogen) atoms. The lowest BCUT2D eigenvalue weighted by Gasteiger charge is -2.31. The third kappa shape index (κ3) is 5.52. The van der Waals surface area contributed by atoms with Gasteiger partial charge in [0.25, 0.3) is 0 Å². The van der Waals surface area contributed by atoms with Crippen molar-refractivity contribution in [3.8, 4) is 0 Å². The summed E-state index contributed by atoms with van der Waals surface area (Å²) in [5, 5.41) is 6.19. The highest BCUT2D eigenvalue weighted by atomic mass is 127. The van der Waals surface area contributed by atoms with E-state index in [0.717, 1.165) is 31.7 Å². The van der Waals surface area contributed by atoms with Gasteiger partial charge in [-0.3, -0.25) is 9.79 Å². The molecule has 0 aliphatic heterocycles. The Hall–Kier alpha value is -1.45. The van der Waals surface area contributed by atoms with Gasteiger partial charge in [0.2, 0.25) is 5.91 Å². The van der Waals surface area contributed by atoms with E-state index in [0.29, 0.717) is 18.1 Å². The van der Waals surface area contributed by atoms with Crippen LogP contribution >= 0.6 is 24.0 Å². The summed E-state index contributed by atoms with van der Waals surface area (Å²) >= 11 is 0. The maximum Gasteiger partial charge on any atom is 0.230 e. The summed E-state index contributed by atoms with van der Waals surface area (Å²) in [6.45, 7) is 0.663. The summed E-state index contributed by atoms with van der Waals surface area (Å²) in [5.41, 5.74) is -0.0632. The SMILES string of the molecule is CN=C(NCc1ccc(F)cc1F)NCC1(C(=O)N(C)C)CCCC1.I. The summed E-state index contributed by atoms with van der Waals surface area (Å²) in [6, 6.07) is 3.48. The number of aliphatic imine (C=N–C) groups is 1. The van der Waals surface area contributed by atoms with Gasteiger partial charge in [0, 0.05) is 45.9 Å². The van der Waals surface area contributed by atoms with Crippen molar-refractivity contribution in [2.75, 3.05) is 27.7 Å². The largest absolute Gasteiger partial charge is 0.355 e. The van der Waals surface area contributed by atoms with Crippen molar-refractivity contribution >= 4 is 35.8 Å². The third-order valence-corrected chi connectivity index (χ3v) is 4.70. The summed E-state index contributed by atoms with van der Waals surface area (Å²) in [6.07, 6.45) is 3.77. The van der Waals surface area contributed by atoms with E-state index < -0.39 is 17.0 Å². The van der Waals surface area contributed by atoms with Crippen LogP contribution in [-0.4, -0.2) is 44.5 Å². The number of nitrogens with one attached hydrogen (secondary N) is 2. The minimum Gasteiger partial charge on any atom is -0.355 e.